The molecule has 11 heteroatoms. The van der Waals surface area contributed by atoms with Crippen molar-refractivity contribution in [3.05, 3.63) is 70.8 Å². The van der Waals surface area contributed by atoms with E-state index in [1.165, 1.54) is 35.9 Å². The Morgan fingerprint density at radius 2 is 1.80 bits per heavy atom. The van der Waals surface area contributed by atoms with E-state index in [0.717, 1.165) is 11.6 Å². The molecule has 1 aliphatic rings. The first-order valence-electron chi connectivity index (χ1n) is 12.9. The molecule has 212 valence electrons. The van der Waals surface area contributed by atoms with Crippen LogP contribution in [0.4, 0.5) is 14.9 Å². The Kier molecular flexibility index (Phi) is 8.13. The Labute approximate surface area is 232 Å². The quantitative estimate of drug-likeness (QED) is 0.429. The summed E-state index contributed by atoms with van der Waals surface area (Å²) in [5.74, 6) is -1.41. The molecule has 1 aromatic heterocycles. The van der Waals surface area contributed by atoms with Crippen LogP contribution in [0, 0.1) is 5.82 Å². The van der Waals surface area contributed by atoms with Gasteiger partial charge in [0.1, 0.15) is 22.9 Å². The SMILES string of the molecule is COC(=O)c1c2c(nn1-c1ccc(CNC(=O)c3cc(F)ccc3OC)cc1)C(C)CCN2C(=O)OC(C)(C)C. The van der Waals surface area contributed by atoms with Crippen molar-refractivity contribution in [2.75, 3.05) is 25.7 Å². The van der Waals surface area contributed by atoms with E-state index in [0.29, 0.717) is 30.0 Å². The molecule has 40 heavy (non-hydrogen) atoms. The first kappa shape index (κ1) is 28.6. The van der Waals surface area contributed by atoms with Crippen LogP contribution in [0.1, 0.15) is 72.1 Å². The number of hydrogen-bond acceptors (Lipinski definition) is 7. The number of esters is 1. The average molecular weight is 553 g/mol. The van der Waals surface area contributed by atoms with Gasteiger partial charge in [-0.15, -0.1) is 0 Å². The summed E-state index contributed by atoms with van der Waals surface area (Å²) in [5, 5.41) is 7.48. The molecule has 1 N–H and O–H groups in total. The maximum atomic E-state index is 13.7. The molecular formula is C29H33FN4O6. The Morgan fingerprint density at radius 3 is 2.42 bits per heavy atom. The first-order chi connectivity index (χ1) is 18.9. The monoisotopic (exact) mass is 552 g/mol. The molecule has 0 spiro atoms. The largest absolute Gasteiger partial charge is 0.496 e. The summed E-state index contributed by atoms with van der Waals surface area (Å²) in [5.41, 5.74) is 1.79. The number of fused-ring (bicyclic) bond motifs is 1. The zero-order valence-corrected chi connectivity index (χ0v) is 23.4. The van der Waals surface area contributed by atoms with E-state index in [1.54, 1.807) is 45.0 Å². The molecule has 0 aliphatic carbocycles. The normalized spacial score (nSPS) is 14.8. The number of amides is 2. The van der Waals surface area contributed by atoms with Crippen molar-refractivity contribution in [1.29, 1.82) is 0 Å². The molecular weight excluding hydrogens is 519 g/mol. The highest BCUT2D eigenvalue weighted by atomic mass is 19.1. The number of nitrogens with zero attached hydrogens (tertiary/aromatic N) is 3. The average Bonchev–Trinajstić information content (AvgIpc) is 3.32. The number of methoxy groups -OCH3 is 2. The number of nitrogens with one attached hydrogen (secondary N) is 1. The summed E-state index contributed by atoms with van der Waals surface area (Å²) in [6.07, 6.45) is 0.0878. The number of aromatic nitrogens is 2. The smallest absolute Gasteiger partial charge is 0.414 e. The zero-order valence-electron chi connectivity index (χ0n) is 23.4. The summed E-state index contributed by atoms with van der Waals surface area (Å²) in [6.45, 7) is 7.86. The number of carbonyl (C=O) groups excluding carboxylic acids is 3. The number of ether oxygens (including phenoxy) is 3. The standard InChI is InChI=1S/C29H33FN4O6/c1-17-13-14-33(28(37)40-29(2,3)4)24-23(17)32-34(25(24)27(36)39-6)20-10-7-18(8-11-20)16-31-26(35)21-15-19(30)9-12-22(21)38-5/h7-12,15,17H,13-14,16H2,1-6H3,(H,31,35). The second-order valence-electron chi connectivity index (χ2n) is 10.5. The van der Waals surface area contributed by atoms with Gasteiger partial charge >= 0.3 is 12.1 Å². The van der Waals surface area contributed by atoms with Crippen molar-refractivity contribution >= 4 is 23.7 Å². The van der Waals surface area contributed by atoms with Crippen LogP contribution in [-0.4, -0.2) is 54.1 Å². The molecule has 0 saturated heterocycles. The second kappa shape index (κ2) is 11.4. The molecule has 10 nitrogen and oxygen atoms in total. The van der Waals surface area contributed by atoms with Crippen molar-refractivity contribution in [2.45, 2.75) is 52.2 Å². The highest BCUT2D eigenvalue weighted by Crippen LogP contribution is 2.39. The summed E-state index contributed by atoms with van der Waals surface area (Å²) >= 11 is 0. The summed E-state index contributed by atoms with van der Waals surface area (Å²) in [7, 11) is 2.68. The van der Waals surface area contributed by atoms with Crippen LogP contribution in [0.3, 0.4) is 0 Å². The van der Waals surface area contributed by atoms with Crippen LogP contribution in [0.5, 0.6) is 5.75 Å². The van der Waals surface area contributed by atoms with E-state index in [-0.39, 0.29) is 29.5 Å². The van der Waals surface area contributed by atoms with Crippen LogP contribution in [0.2, 0.25) is 0 Å². The van der Waals surface area contributed by atoms with Crippen LogP contribution >= 0.6 is 0 Å². The predicted molar refractivity (Wildman–Crippen MR) is 146 cm³/mol. The molecule has 2 heterocycles. The van der Waals surface area contributed by atoms with Gasteiger partial charge in [-0.2, -0.15) is 5.10 Å². The molecule has 3 aromatic rings. The van der Waals surface area contributed by atoms with Crippen molar-refractivity contribution in [1.82, 2.24) is 15.1 Å². The molecule has 4 rings (SSSR count). The lowest BCUT2D eigenvalue weighted by atomic mass is 9.97. The van der Waals surface area contributed by atoms with Gasteiger partial charge in [-0.3, -0.25) is 9.69 Å². The number of halogens is 1. The van der Waals surface area contributed by atoms with Gasteiger partial charge in [-0.05, 0) is 63.1 Å². The van der Waals surface area contributed by atoms with Gasteiger partial charge in [0.2, 0.25) is 0 Å². The van der Waals surface area contributed by atoms with Gasteiger partial charge in [0.25, 0.3) is 5.91 Å². The number of benzene rings is 2. The Bertz CT molecular complexity index is 1430. The minimum atomic E-state index is -0.715. The molecule has 0 saturated carbocycles. The summed E-state index contributed by atoms with van der Waals surface area (Å²) < 4.78 is 31.0. The third-order valence-electron chi connectivity index (χ3n) is 6.44. The Hall–Kier alpha value is -4.41. The summed E-state index contributed by atoms with van der Waals surface area (Å²) in [6, 6.07) is 10.8. The zero-order chi connectivity index (χ0) is 29.2. The fourth-order valence-corrected chi connectivity index (χ4v) is 4.45. The Morgan fingerprint density at radius 1 is 1.10 bits per heavy atom. The summed E-state index contributed by atoms with van der Waals surface area (Å²) in [4.78, 5) is 40.2. The van der Waals surface area contributed by atoms with E-state index >= 15 is 0 Å². The topological polar surface area (TPSA) is 112 Å². The van der Waals surface area contributed by atoms with E-state index in [2.05, 4.69) is 5.32 Å². The van der Waals surface area contributed by atoms with Crippen LogP contribution < -0.4 is 15.0 Å². The van der Waals surface area contributed by atoms with Crippen molar-refractivity contribution < 1.29 is 33.0 Å². The van der Waals surface area contributed by atoms with Gasteiger partial charge in [0.05, 0.1) is 31.2 Å². The second-order valence-corrected chi connectivity index (χ2v) is 10.5. The van der Waals surface area contributed by atoms with Gasteiger partial charge in [0, 0.05) is 19.0 Å². The van der Waals surface area contributed by atoms with E-state index in [9.17, 15) is 18.8 Å². The molecule has 0 fully saturated rings. The van der Waals surface area contributed by atoms with Gasteiger partial charge in [0.15, 0.2) is 5.69 Å². The van der Waals surface area contributed by atoms with E-state index in [4.69, 9.17) is 19.3 Å². The van der Waals surface area contributed by atoms with Crippen molar-refractivity contribution in [3.63, 3.8) is 0 Å². The van der Waals surface area contributed by atoms with Gasteiger partial charge < -0.3 is 19.5 Å². The molecule has 1 unspecified atom stereocenters. The number of carbonyl (C=O) groups is 3. The van der Waals surface area contributed by atoms with Crippen molar-refractivity contribution in [2.24, 2.45) is 0 Å². The third-order valence-corrected chi connectivity index (χ3v) is 6.44. The lowest BCUT2D eigenvalue weighted by molar-refractivity contribution is 0.0574. The molecule has 1 atom stereocenters. The minimum absolute atomic E-state index is 0.00681. The lowest BCUT2D eigenvalue weighted by Crippen LogP contribution is -2.41. The molecule has 2 aromatic carbocycles. The van der Waals surface area contributed by atoms with Gasteiger partial charge in [-0.1, -0.05) is 19.1 Å². The molecule has 1 aliphatic heterocycles. The number of anilines is 1. The number of rotatable bonds is 6. The van der Waals surface area contributed by atoms with Crippen LogP contribution in [0.25, 0.3) is 5.69 Å². The molecule has 2 amide bonds. The maximum absolute atomic E-state index is 13.7. The third kappa shape index (κ3) is 5.93. The first-order valence-corrected chi connectivity index (χ1v) is 12.9. The van der Waals surface area contributed by atoms with E-state index < -0.39 is 29.4 Å². The predicted octanol–water partition coefficient (Wildman–Crippen LogP) is 4.99. The molecule has 0 radical (unpaired) electrons. The fraction of sp³-hybridized carbons (Fsp3) is 0.379. The number of hydrogen-bond donors (Lipinski definition) is 1. The van der Waals surface area contributed by atoms with Crippen molar-refractivity contribution in [3.8, 4) is 11.4 Å². The van der Waals surface area contributed by atoms with Gasteiger partial charge in [-0.25, -0.2) is 18.7 Å². The highest BCUT2D eigenvalue weighted by molar-refractivity contribution is 6.01. The minimum Gasteiger partial charge on any atom is -0.496 e. The maximum Gasteiger partial charge on any atom is 0.414 e. The molecule has 0 bridgehead atoms. The van der Waals surface area contributed by atoms with Crippen LogP contribution in [0.15, 0.2) is 42.5 Å². The lowest BCUT2D eigenvalue weighted by Gasteiger charge is -2.32. The Balaban J connectivity index is 1.62. The van der Waals surface area contributed by atoms with E-state index in [1.807, 2.05) is 6.92 Å². The van der Waals surface area contributed by atoms with Crippen LogP contribution in [-0.2, 0) is 16.0 Å². The highest BCUT2D eigenvalue weighted by Gasteiger charge is 2.38. The fourth-order valence-electron chi connectivity index (χ4n) is 4.45.